The molecule has 0 unspecified atom stereocenters. The van der Waals surface area contributed by atoms with Crippen LogP contribution in [0.25, 0.3) is 0 Å². The molecule has 0 fully saturated rings. The van der Waals surface area contributed by atoms with Gasteiger partial charge in [0.2, 0.25) is 0 Å². The first-order valence-electron chi connectivity index (χ1n) is 20.4. The molecule has 0 spiro atoms. The minimum absolute atomic E-state index is 1.07. The van der Waals surface area contributed by atoms with Gasteiger partial charge < -0.3 is 19.6 Å². The lowest BCUT2D eigenvalue weighted by atomic mass is 10.1. The average molecular weight is 775 g/mol. The maximum Gasteiger partial charge on any atom is 0.0463 e. The van der Waals surface area contributed by atoms with E-state index in [9.17, 15) is 0 Å². The van der Waals surface area contributed by atoms with Gasteiger partial charge in [-0.05, 0) is 159 Å². The van der Waals surface area contributed by atoms with E-state index in [2.05, 4.69) is 276 Å². The first kappa shape index (κ1) is 37.7. The lowest BCUT2D eigenvalue weighted by Gasteiger charge is -2.30. The monoisotopic (exact) mass is 774 g/mol. The summed E-state index contributed by atoms with van der Waals surface area (Å²) >= 11 is 0. The van der Waals surface area contributed by atoms with E-state index in [1.807, 2.05) is 0 Å². The molecular weight excluding hydrogens is 729 g/mol. The second-order valence-corrected chi connectivity index (χ2v) is 14.9. The predicted octanol–water partition coefficient (Wildman–Crippen LogP) is 16.2. The summed E-state index contributed by atoms with van der Waals surface area (Å²) in [4.78, 5) is 9.24. The Hall–Kier alpha value is -7.82. The van der Waals surface area contributed by atoms with Crippen LogP contribution in [0.1, 0.15) is 11.1 Å². The van der Waals surface area contributed by atoms with E-state index in [0.717, 1.165) is 68.2 Å². The van der Waals surface area contributed by atoms with Gasteiger partial charge in [-0.1, -0.05) is 108 Å². The Morgan fingerprint density at radius 3 is 0.467 bits per heavy atom. The topological polar surface area (TPSA) is 13.0 Å². The molecule has 0 aliphatic heterocycles. The fourth-order valence-electron chi connectivity index (χ4n) is 7.74. The smallest absolute Gasteiger partial charge is 0.0463 e. The zero-order valence-corrected chi connectivity index (χ0v) is 33.9. The largest absolute Gasteiger partial charge is 0.311 e. The third-order valence-corrected chi connectivity index (χ3v) is 10.7. The molecule has 60 heavy (non-hydrogen) atoms. The van der Waals surface area contributed by atoms with Gasteiger partial charge in [0, 0.05) is 68.2 Å². The number of para-hydroxylation sites is 4. The maximum atomic E-state index is 2.32. The number of hydrogen-bond donors (Lipinski definition) is 0. The third-order valence-electron chi connectivity index (χ3n) is 10.7. The van der Waals surface area contributed by atoms with Crippen molar-refractivity contribution in [1.82, 2.24) is 0 Å². The van der Waals surface area contributed by atoms with Gasteiger partial charge in [-0.3, -0.25) is 0 Å². The first-order valence-corrected chi connectivity index (χ1v) is 20.4. The van der Waals surface area contributed by atoms with Crippen LogP contribution in [0.5, 0.6) is 0 Å². The normalized spacial score (nSPS) is 10.8. The van der Waals surface area contributed by atoms with E-state index < -0.39 is 0 Å². The summed E-state index contributed by atoms with van der Waals surface area (Å²) in [5, 5.41) is 0. The SMILES string of the molecule is Cc1ccc(N(c2ccccc2)c2ccc(N(c3ccccc3)c3ccc(N(c4ccccc4)c4ccc(N(c5ccccc5)c5ccc(C)cc5)cc4)cc3)cc2)cc1. The molecule has 0 amide bonds. The zero-order valence-electron chi connectivity index (χ0n) is 33.9. The summed E-state index contributed by atoms with van der Waals surface area (Å²) in [6, 6.07) is 86.3. The molecule has 9 aromatic carbocycles. The van der Waals surface area contributed by atoms with E-state index in [1.54, 1.807) is 0 Å². The lowest BCUT2D eigenvalue weighted by molar-refractivity contribution is 1.24. The van der Waals surface area contributed by atoms with E-state index in [-0.39, 0.29) is 0 Å². The number of rotatable bonds is 12. The van der Waals surface area contributed by atoms with Crippen molar-refractivity contribution in [2.75, 3.05) is 19.6 Å². The molecular formula is C56H46N4. The molecule has 0 radical (unpaired) electrons. The molecule has 0 aliphatic rings. The van der Waals surface area contributed by atoms with E-state index >= 15 is 0 Å². The van der Waals surface area contributed by atoms with Crippen molar-refractivity contribution in [2.24, 2.45) is 0 Å². The van der Waals surface area contributed by atoms with E-state index in [0.29, 0.717) is 0 Å². The highest BCUT2D eigenvalue weighted by molar-refractivity contribution is 5.84. The molecule has 4 heteroatoms. The second kappa shape index (κ2) is 17.4. The summed E-state index contributed by atoms with van der Waals surface area (Å²) in [5.74, 6) is 0. The number of anilines is 12. The molecule has 9 aromatic rings. The summed E-state index contributed by atoms with van der Waals surface area (Å²) in [5.41, 5.74) is 15.6. The van der Waals surface area contributed by atoms with Gasteiger partial charge in [-0.2, -0.15) is 0 Å². The number of hydrogen-bond acceptors (Lipinski definition) is 4. The average Bonchev–Trinajstić information content (AvgIpc) is 3.31. The van der Waals surface area contributed by atoms with Crippen LogP contribution in [-0.2, 0) is 0 Å². The Bertz CT molecular complexity index is 2530. The molecule has 9 rings (SSSR count). The summed E-state index contributed by atoms with van der Waals surface area (Å²) in [7, 11) is 0. The van der Waals surface area contributed by atoms with Crippen molar-refractivity contribution in [3.8, 4) is 0 Å². The zero-order chi connectivity index (χ0) is 40.7. The summed E-state index contributed by atoms with van der Waals surface area (Å²) in [6.45, 7) is 4.25. The third kappa shape index (κ3) is 8.13. The Morgan fingerprint density at radius 1 is 0.167 bits per heavy atom. The lowest BCUT2D eigenvalue weighted by Crippen LogP contribution is -2.13. The fourth-order valence-corrected chi connectivity index (χ4v) is 7.74. The highest BCUT2D eigenvalue weighted by Gasteiger charge is 2.19. The molecule has 0 N–H and O–H groups in total. The van der Waals surface area contributed by atoms with Crippen LogP contribution in [0.15, 0.2) is 243 Å². The molecule has 0 saturated carbocycles. The van der Waals surface area contributed by atoms with Gasteiger partial charge in [0.05, 0.1) is 0 Å². The van der Waals surface area contributed by atoms with Crippen molar-refractivity contribution in [1.29, 1.82) is 0 Å². The minimum atomic E-state index is 1.07. The van der Waals surface area contributed by atoms with Gasteiger partial charge >= 0.3 is 0 Å². The predicted molar refractivity (Wildman–Crippen MR) is 255 cm³/mol. The number of benzene rings is 9. The number of aryl methyl sites for hydroxylation is 2. The first-order chi connectivity index (χ1) is 29.6. The van der Waals surface area contributed by atoms with Crippen LogP contribution < -0.4 is 19.6 Å². The van der Waals surface area contributed by atoms with Crippen LogP contribution in [-0.4, -0.2) is 0 Å². The van der Waals surface area contributed by atoms with Crippen molar-refractivity contribution >= 4 is 68.2 Å². The van der Waals surface area contributed by atoms with Gasteiger partial charge in [0.25, 0.3) is 0 Å². The van der Waals surface area contributed by atoms with Crippen LogP contribution >= 0.6 is 0 Å². The molecule has 0 saturated heterocycles. The van der Waals surface area contributed by atoms with Gasteiger partial charge in [-0.25, -0.2) is 0 Å². The van der Waals surface area contributed by atoms with Crippen LogP contribution in [0.3, 0.4) is 0 Å². The Kier molecular flexibility index (Phi) is 10.9. The van der Waals surface area contributed by atoms with E-state index in [4.69, 9.17) is 0 Å². The van der Waals surface area contributed by atoms with Crippen LogP contribution in [0.4, 0.5) is 68.2 Å². The van der Waals surface area contributed by atoms with E-state index in [1.165, 1.54) is 11.1 Å². The van der Waals surface area contributed by atoms with Gasteiger partial charge in [0.15, 0.2) is 0 Å². The molecule has 0 aliphatic carbocycles. The highest BCUT2D eigenvalue weighted by Crippen LogP contribution is 2.42. The van der Waals surface area contributed by atoms with Gasteiger partial charge in [0.1, 0.15) is 0 Å². The minimum Gasteiger partial charge on any atom is -0.311 e. The Labute approximate surface area is 354 Å². The van der Waals surface area contributed by atoms with Crippen LogP contribution in [0.2, 0.25) is 0 Å². The fraction of sp³-hybridized carbons (Fsp3) is 0.0357. The van der Waals surface area contributed by atoms with Crippen molar-refractivity contribution in [3.05, 3.63) is 254 Å². The Balaban J connectivity index is 1.06. The Morgan fingerprint density at radius 2 is 0.300 bits per heavy atom. The summed E-state index contributed by atoms with van der Waals surface area (Å²) < 4.78 is 0. The molecule has 0 atom stereocenters. The van der Waals surface area contributed by atoms with Crippen molar-refractivity contribution < 1.29 is 0 Å². The molecule has 290 valence electrons. The molecule has 0 bridgehead atoms. The quantitative estimate of drug-likeness (QED) is 0.123. The van der Waals surface area contributed by atoms with Crippen LogP contribution in [0, 0.1) is 13.8 Å². The maximum absolute atomic E-state index is 2.32. The molecule has 0 heterocycles. The molecule has 4 nitrogen and oxygen atoms in total. The second-order valence-electron chi connectivity index (χ2n) is 14.9. The van der Waals surface area contributed by atoms with Crippen molar-refractivity contribution in [3.63, 3.8) is 0 Å². The van der Waals surface area contributed by atoms with Crippen molar-refractivity contribution in [2.45, 2.75) is 13.8 Å². The molecule has 0 aromatic heterocycles. The standard InChI is InChI=1S/C56H46N4/c1-43-23-27-49(28-24-43)57(45-15-7-3-8-16-45)51-31-35-53(36-32-51)59(47-19-11-5-12-20-47)55-39-41-56(42-40-55)60(48-21-13-6-14-22-48)54-37-33-52(34-38-54)58(46-17-9-4-10-18-46)50-29-25-44(2)26-30-50/h3-42H,1-2H3. The van der Waals surface area contributed by atoms with Gasteiger partial charge in [-0.15, -0.1) is 0 Å². The number of nitrogens with zero attached hydrogens (tertiary/aromatic N) is 4. The summed E-state index contributed by atoms with van der Waals surface area (Å²) in [6.07, 6.45) is 0. The highest BCUT2D eigenvalue weighted by atomic mass is 15.2.